The van der Waals surface area contributed by atoms with E-state index in [1.54, 1.807) is 24.3 Å². The fourth-order valence-electron chi connectivity index (χ4n) is 2.46. The van der Waals surface area contributed by atoms with Gasteiger partial charge in [-0.25, -0.2) is 9.48 Å². The number of methoxy groups -OCH3 is 1. The number of hydrogen-bond acceptors (Lipinski definition) is 5. The maximum atomic E-state index is 12.7. The highest BCUT2D eigenvalue weighted by atomic mass is 16.5. The summed E-state index contributed by atoms with van der Waals surface area (Å²) in [4.78, 5) is 38.2. The van der Waals surface area contributed by atoms with Crippen molar-refractivity contribution in [2.24, 2.45) is 7.05 Å². The van der Waals surface area contributed by atoms with Gasteiger partial charge in [0.25, 0.3) is 11.1 Å². The average molecular weight is 356 g/mol. The van der Waals surface area contributed by atoms with Gasteiger partial charge in [-0.15, -0.1) is 0 Å². The number of nitrogens with one attached hydrogen (secondary N) is 2. The molecule has 0 spiro atoms. The largest absolute Gasteiger partial charge is 0.497 e. The Morgan fingerprint density at radius 3 is 2.46 bits per heavy atom. The van der Waals surface area contributed by atoms with E-state index in [9.17, 15) is 19.5 Å². The maximum absolute atomic E-state index is 12.7. The van der Waals surface area contributed by atoms with Crippen LogP contribution in [0.3, 0.4) is 0 Å². The van der Waals surface area contributed by atoms with Crippen LogP contribution in [0.1, 0.15) is 5.56 Å². The van der Waals surface area contributed by atoms with Crippen molar-refractivity contribution >= 4 is 12.7 Å². The van der Waals surface area contributed by atoms with Crippen LogP contribution >= 0.6 is 0 Å². The zero-order chi connectivity index (χ0) is 19.0. The van der Waals surface area contributed by atoms with E-state index in [1.807, 2.05) is 0 Å². The molecule has 0 unspecified atom stereocenters. The molecule has 0 radical (unpaired) electrons. The highest BCUT2D eigenvalue weighted by Crippen LogP contribution is 2.12. The Bertz CT molecular complexity index is 1260. The van der Waals surface area contributed by atoms with Crippen molar-refractivity contribution in [3.05, 3.63) is 71.6 Å². The van der Waals surface area contributed by atoms with Crippen molar-refractivity contribution in [2.45, 2.75) is 0 Å². The Morgan fingerprint density at radius 2 is 1.85 bits per heavy atom. The van der Waals surface area contributed by atoms with Gasteiger partial charge >= 0.3 is 5.69 Å². The molecule has 9 nitrogen and oxygen atoms in total. The van der Waals surface area contributed by atoms with E-state index >= 15 is 0 Å². The lowest BCUT2D eigenvalue weighted by atomic mass is 10.2. The topological polar surface area (TPSA) is 122 Å². The Balaban J connectivity index is 2.24. The lowest BCUT2D eigenvalue weighted by Crippen LogP contribution is -2.36. The number of aromatic hydroxyl groups is 1. The highest BCUT2D eigenvalue weighted by Gasteiger charge is 2.11. The van der Waals surface area contributed by atoms with Crippen LogP contribution in [-0.2, 0) is 7.05 Å². The van der Waals surface area contributed by atoms with Crippen LogP contribution in [0.15, 0.2) is 38.6 Å². The van der Waals surface area contributed by atoms with Gasteiger partial charge in [0.2, 0.25) is 5.88 Å². The summed E-state index contributed by atoms with van der Waals surface area (Å²) in [6.45, 7) is 3.76. The smallest absolute Gasteiger partial charge is 0.330 e. The van der Waals surface area contributed by atoms with Crippen molar-refractivity contribution in [3.8, 4) is 17.3 Å². The van der Waals surface area contributed by atoms with E-state index in [2.05, 4.69) is 16.7 Å². The lowest BCUT2D eigenvalue weighted by Gasteiger charge is -2.03. The van der Waals surface area contributed by atoms with Crippen LogP contribution in [0.4, 0.5) is 0 Å². The van der Waals surface area contributed by atoms with Crippen LogP contribution < -0.4 is 32.1 Å². The third-order valence-corrected chi connectivity index (χ3v) is 3.95. The molecule has 0 aliphatic heterocycles. The standard InChI is InChI=1S/C17H16N4O5/c1-9-12(8-13-14(22)18-17(25)20(2)15(13)23)16(24)21(19-9)10-4-6-11(26-3)7-5-10/h4-8,19,23H,1H2,2-3H3,(H,18,22,25). The van der Waals surface area contributed by atoms with Crippen LogP contribution in [0.2, 0.25) is 0 Å². The predicted molar refractivity (Wildman–Crippen MR) is 95.2 cm³/mol. The van der Waals surface area contributed by atoms with Crippen LogP contribution in [0.5, 0.6) is 11.6 Å². The first-order chi connectivity index (χ1) is 12.3. The second kappa shape index (κ2) is 6.28. The summed E-state index contributed by atoms with van der Waals surface area (Å²) >= 11 is 0. The second-order valence-electron chi connectivity index (χ2n) is 5.54. The SMILES string of the molecule is C=c1[nH]n(-c2ccc(OC)cc2)c(=O)c1=Cc1c(O)n(C)c(=O)[nH]c1=O. The summed E-state index contributed by atoms with van der Waals surface area (Å²) in [5.41, 5.74) is -1.70. The fraction of sp³-hybridized carbons (Fsp3) is 0.118. The molecule has 0 aliphatic rings. The summed E-state index contributed by atoms with van der Waals surface area (Å²) in [6, 6.07) is 6.74. The third kappa shape index (κ3) is 2.75. The number of benzene rings is 1. The Kier molecular flexibility index (Phi) is 4.13. The van der Waals surface area contributed by atoms with E-state index in [0.717, 1.165) is 4.57 Å². The molecule has 0 atom stereocenters. The van der Waals surface area contributed by atoms with Gasteiger partial charge in [-0.1, -0.05) is 6.58 Å². The van der Waals surface area contributed by atoms with Gasteiger partial charge in [-0.3, -0.25) is 24.2 Å². The molecule has 0 fully saturated rings. The number of nitrogens with zero attached hydrogens (tertiary/aromatic N) is 2. The third-order valence-electron chi connectivity index (χ3n) is 3.95. The Morgan fingerprint density at radius 1 is 1.19 bits per heavy atom. The van der Waals surface area contributed by atoms with Gasteiger partial charge in [0.15, 0.2) is 0 Å². The first-order valence-electron chi connectivity index (χ1n) is 7.52. The average Bonchev–Trinajstić information content (AvgIpc) is 2.91. The van der Waals surface area contributed by atoms with Crippen molar-refractivity contribution in [3.63, 3.8) is 0 Å². The Hall–Kier alpha value is -3.75. The molecule has 134 valence electrons. The molecule has 0 amide bonds. The molecule has 0 aliphatic carbocycles. The molecule has 0 bridgehead atoms. The number of hydrogen-bond donors (Lipinski definition) is 3. The normalized spacial score (nSPS) is 11.7. The molecule has 1 aromatic carbocycles. The van der Waals surface area contributed by atoms with Gasteiger partial charge in [-0.05, 0) is 30.3 Å². The van der Waals surface area contributed by atoms with E-state index in [4.69, 9.17) is 4.74 Å². The minimum atomic E-state index is -0.804. The molecule has 9 heteroatoms. The summed E-state index contributed by atoms with van der Waals surface area (Å²) < 4.78 is 7.20. The van der Waals surface area contributed by atoms with Crippen molar-refractivity contribution in [1.82, 2.24) is 19.3 Å². The molecule has 2 aromatic heterocycles. The minimum Gasteiger partial charge on any atom is -0.497 e. The minimum absolute atomic E-state index is 0.0836. The monoisotopic (exact) mass is 356 g/mol. The second-order valence-corrected chi connectivity index (χ2v) is 5.54. The first kappa shape index (κ1) is 17.1. The Labute approximate surface area is 145 Å². The van der Waals surface area contributed by atoms with Crippen LogP contribution in [0.25, 0.3) is 18.3 Å². The lowest BCUT2D eigenvalue weighted by molar-refractivity contribution is 0.414. The molecule has 3 aromatic rings. The summed E-state index contributed by atoms with van der Waals surface area (Å²) in [6.07, 6.45) is 1.19. The van der Waals surface area contributed by atoms with E-state index in [0.29, 0.717) is 11.4 Å². The number of ether oxygens (including phenoxy) is 1. The molecule has 0 saturated carbocycles. The fourth-order valence-corrected chi connectivity index (χ4v) is 2.46. The summed E-state index contributed by atoms with van der Waals surface area (Å²) in [7, 11) is 2.83. The van der Waals surface area contributed by atoms with Gasteiger partial charge in [0.1, 0.15) is 11.3 Å². The quantitative estimate of drug-likeness (QED) is 0.528. The summed E-state index contributed by atoms with van der Waals surface area (Å²) in [5.74, 6) is 0.0893. The predicted octanol–water partition coefficient (Wildman–Crippen LogP) is -1.49. The molecule has 3 rings (SSSR count). The van der Waals surface area contributed by atoms with Gasteiger partial charge in [0.05, 0.1) is 23.4 Å². The van der Waals surface area contributed by atoms with E-state index < -0.39 is 22.7 Å². The molecular formula is C17H16N4O5. The maximum Gasteiger partial charge on any atom is 0.330 e. The molecular weight excluding hydrogens is 340 g/mol. The van der Waals surface area contributed by atoms with Gasteiger partial charge < -0.3 is 9.84 Å². The highest BCUT2D eigenvalue weighted by molar-refractivity contribution is 5.53. The number of aromatic amines is 2. The summed E-state index contributed by atoms with van der Waals surface area (Å²) in [5, 5.41) is 13.2. The van der Waals surface area contributed by atoms with Crippen molar-refractivity contribution in [1.29, 1.82) is 0 Å². The van der Waals surface area contributed by atoms with Crippen LogP contribution in [-0.4, -0.2) is 31.5 Å². The van der Waals surface area contributed by atoms with E-state index in [1.165, 1.54) is 24.9 Å². The molecule has 2 heterocycles. The molecule has 3 N–H and O–H groups in total. The molecule has 26 heavy (non-hydrogen) atoms. The molecule has 0 saturated heterocycles. The number of rotatable bonds is 3. The van der Waals surface area contributed by atoms with Crippen molar-refractivity contribution in [2.75, 3.05) is 7.11 Å². The zero-order valence-corrected chi connectivity index (χ0v) is 14.1. The van der Waals surface area contributed by atoms with Gasteiger partial charge in [-0.2, -0.15) is 0 Å². The first-order valence-corrected chi connectivity index (χ1v) is 7.52. The van der Waals surface area contributed by atoms with Crippen LogP contribution in [0, 0.1) is 0 Å². The van der Waals surface area contributed by atoms with Gasteiger partial charge in [0, 0.05) is 7.05 Å². The van der Waals surface area contributed by atoms with E-state index in [-0.39, 0.29) is 16.1 Å². The zero-order valence-electron chi connectivity index (χ0n) is 14.1. The van der Waals surface area contributed by atoms with Crippen molar-refractivity contribution < 1.29 is 9.84 Å². The number of H-pyrrole nitrogens is 2. The number of aromatic nitrogens is 4.